The maximum Gasteiger partial charge on any atom is 0.156 e. The van der Waals surface area contributed by atoms with E-state index in [9.17, 15) is 0 Å². The van der Waals surface area contributed by atoms with Gasteiger partial charge in [-0.05, 0) is 40.4 Å². The van der Waals surface area contributed by atoms with Crippen molar-refractivity contribution in [2.24, 2.45) is 5.92 Å². The highest BCUT2D eigenvalue weighted by atomic mass is 79.9. The van der Waals surface area contributed by atoms with Crippen LogP contribution in [0.5, 0.6) is 0 Å². The van der Waals surface area contributed by atoms with Gasteiger partial charge in [0, 0.05) is 19.6 Å². The van der Waals surface area contributed by atoms with E-state index in [0.29, 0.717) is 5.92 Å². The van der Waals surface area contributed by atoms with Gasteiger partial charge in [-0.2, -0.15) is 5.10 Å². The zero-order chi connectivity index (χ0) is 11.0. The number of nitrogens with zero attached hydrogens (tertiary/aromatic N) is 3. The quantitative estimate of drug-likeness (QED) is 0.792. The molecule has 0 bridgehead atoms. The van der Waals surface area contributed by atoms with Crippen molar-refractivity contribution in [2.45, 2.75) is 12.8 Å². The minimum atomic E-state index is 0.580. The molecule has 16 heavy (non-hydrogen) atoms. The van der Waals surface area contributed by atoms with Gasteiger partial charge in [0.05, 0.1) is 0 Å². The van der Waals surface area contributed by atoms with Crippen molar-refractivity contribution >= 4 is 21.6 Å². The van der Waals surface area contributed by atoms with Gasteiger partial charge in [-0.25, -0.2) is 9.50 Å². The van der Waals surface area contributed by atoms with Crippen LogP contribution >= 0.6 is 15.9 Å². The molecule has 1 aliphatic heterocycles. The molecular formula is C11H12BrN3O. The van der Waals surface area contributed by atoms with Crippen LogP contribution in [0.3, 0.4) is 0 Å². The monoisotopic (exact) mass is 281 g/mol. The number of pyridine rings is 1. The highest BCUT2D eigenvalue weighted by Gasteiger charge is 2.18. The first-order valence-electron chi connectivity index (χ1n) is 5.41. The van der Waals surface area contributed by atoms with Crippen molar-refractivity contribution in [3.63, 3.8) is 0 Å². The Morgan fingerprint density at radius 3 is 3.19 bits per heavy atom. The molecule has 1 saturated heterocycles. The number of halogens is 1. The van der Waals surface area contributed by atoms with E-state index < -0.39 is 0 Å². The summed E-state index contributed by atoms with van der Waals surface area (Å²) in [6.45, 7) is 1.72. The molecule has 0 amide bonds. The van der Waals surface area contributed by atoms with Crippen LogP contribution in [0.2, 0.25) is 0 Å². The van der Waals surface area contributed by atoms with Crippen LogP contribution in [0.4, 0.5) is 0 Å². The lowest BCUT2D eigenvalue weighted by molar-refractivity contribution is 0.185. The van der Waals surface area contributed by atoms with Crippen LogP contribution in [-0.2, 0) is 11.2 Å². The van der Waals surface area contributed by atoms with Gasteiger partial charge in [-0.15, -0.1) is 0 Å². The van der Waals surface area contributed by atoms with Crippen molar-refractivity contribution < 1.29 is 4.74 Å². The topological polar surface area (TPSA) is 39.4 Å². The fourth-order valence-electron chi connectivity index (χ4n) is 2.01. The van der Waals surface area contributed by atoms with Gasteiger partial charge in [-0.1, -0.05) is 6.07 Å². The average Bonchev–Trinajstić information content (AvgIpc) is 2.88. The number of fused-ring (bicyclic) bond motifs is 1. The first-order valence-corrected chi connectivity index (χ1v) is 6.20. The van der Waals surface area contributed by atoms with Gasteiger partial charge in [0.15, 0.2) is 11.5 Å². The molecule has 4 nitrogen and oxygen atoms in total. The first-order chi connectivity index (χ1) is 7.83. The molecule has 1 unspecified atom stereocenters. The highest BCUT2D eigenvalue weighted by Crippen LogP contribution is 2.18. The Morgan fingerprint density at radius 1 is 1.50 bits per heavy atom. The van der Waals surface area contributed by atoms with Gasteiger partial charge >= 0.3 is 0 Å². The molecular weight excluding hydrogens is 270 g/mol. The predicted molar refractivity (Wildman–Crippen MR) is 63.3 cm³/mol. The van der Waals surface area contributed by atoms with Crippen LogP contribution in [0.15, 0.2) is 22.8 Å². The van der Waals surface area contributed by atoms with Crippen LogP contribution in [-0.4, -0.2) is 27.8 Å². The summed E-state index contributed by atoms with van der Waals surface area (Å²) >= 11 is 3.46. The number of aromatic nitrogens is 3. The van der Waals surface area contributed by atoms with Gasteiger partial charge in [0.2, 0.25) is 0 Å². The van der Waals surface area contributed by atoms with E-state index in [2.05, 4.69) is 26.0 Å². The molecule has 0 spiro atoms. The van der Waals surface area contributed by atoms with E-state index in [1.807, 2.05) is 22.7 Å². The minimum Gasteiger partial charge on any atom is -0.381 e. The van der Waals surface area contributed by atoms with E-state index in [-0.39, 0.29) is 0 Å². The standard InChI is InChI=1S/C11H12BrN3O/c12-9-2-1-3-11-13-10(14-15(9)11)6-8-4-5-16-7-8/h1-3,8H,4-7H2. The van der Waals surface area contributed by atoms with Crippen LogP contribution < -0.4 is 0 Å². The molecule has 0 radical (unpaired) electrons. The molecule has 0 N–H and O–H groups in total. The third-order valence-electron chi connectivity index (χ3n) is 2.85. The molecule has 0 saturated carbocycles. The van der Waals surface area contributed by atoms with Crippen LogP contribution in [0.1, 0.15) is 12.2 Å². The Balaban J connectivity index is 1.90. The number of hydrogen-bond donors (Lipinski definition) is 0. The van der Waals surface area contributed by atoms with Crippen molar-refractivity contribution in [3.8, 4) is 0 Å². The fourth-order valence-corrected chi connectivity index (χ4v) is 2.42. The SMILES string of the molecule is Brc1cccc2nc(CC3CCOC3)nn12. The van der Waals surface area contributed by atoms with Crippen molar-refractivity contribution in [1.29, 1.82) is 0 Å². The second-order valence-corrected chi connectivity index (χ2v) is 4.89. The second-order valence-electron chi connectivity index (χ2n) is 4.08. The third kappa shape index (κ3) is 1.85. The molecule has 5 heteroatoms. The Bertz CT molecular complexity index is 505. The maximum atomic E-state index is 5.36. The molecule has 3 heterocycles. The molecule has 3 rings (SSSR count). The van der Waals surface area contributed by atoms with E-state index >= 15 is 0 Å². The molecule has 2 aromatic rings. The van der Waals surface area contributed by atoms with Crippen LogP contribution in [0, 0.1) is 5.92 Å². The Labute approximate surface area is 102 Å². The predicted octanol–water partition coefficient (Wildman–Crippen LogP) is 2.07. The largest absolute Gasteiger partial charge is 0.381 e. The van der Waals surface area contributed by atoms with E-state index in [1.165, 1.54) is 0 Å². The second kappa shape index (κ2) is 4.14. The molecule has 0 aromatic carbocycles. The molecule has 84 valence electrons. The number of rotatable bonds is 2. The lowest BCUT2D eigenvalue weighted by atomic mass is 10.1. The summed E-state index contributed by atoms with van der Waals surface area (Å²) in [6.07, 6.45) is 2.03. The van der Waals surface area contributed by atoms with Crippen molar-refractivity contribution in [3.05, 3.63) is 28.6 Å². The Kier molecular flexibility index (Phi) is 2.65. The Morgan fingerprint density at radius 2 is 2.44 bits per heavy atom. The number of hydrogen-bond acceptors (Lipinski definition) is 3. The molecule has 1 aliphatic rings. The lowest BCUT2D eigenvalue weighted by Crippen LogP contribution is -2.05. The smallest absolute Gasteiger partial charge is 0.156 e. The summed E-state index contributed by atoms with van der Waals surface area (Å²) in [5, 5.41) is 4.48. The van der Waals surface area contributed by atoms with E-state index in [1.54, 1.807) is 0 Å². The summed E-state index contributed by atoms with van der Waals surface area (Å²) in [4.78, 5) is 4.50. The first kappa shape index (κ1) is 10.2. The van der Waals surface area contributed by atoms with Gasteiger partial charge in [0.25, 0.3) is 0 Å². The minimum absolute atomic E-state index is 0.580. The normalized spacial score (nSPS) is 20.7. The third-order valence-corrected chi connectivity index (χ3v) is 3.45. The summed E-state index contributed by atoms with van der Waals surface area (Å²) < 4.78 is 8.12. The van der Waals surface area contributed by atoms with Crippen molar-refractivity contribution in [1.82, 2.24) is 14.6 Å². The summed E-state index contributed by atoms with van der Waals surface area (Å²) in [5.41, 5.74) is 0.892. The van der Waals surface area contributed by atoms with Gasteiger partial charge in [-0.3, -0.25) is 0 Å². The zero-order valence-electron chi connectivity index (χ0n) is 8.77. The van der Waals surface area contributed by atoms with Crippen LogP contribution in [0.25, 0.3) is 5.65 Å². The van der Waals surface area contributed by atoms with Crippen molar-refractivity contribution in [2.75, 3.05) is 13.2 Å². The number of ether oxygens (including phenoxy) is 1. The molecule has 0 aliphatic carbocycles. The summed E-state index contributed by atoms with van der Waals surface area (Å²) in [7, 11) is 0. The highest BCUT2D eigenvalue weighted by molar-refractivity contribution is 9.10. The lowest BCUT2D eigenvalue weighted by Gasteiger charge is -2.01. The Hall–Kier alpha value is -0.940. The zero-order valence-corrected chi connectivity index (χ0v) is 10.4. The van der Waals surface area contributed by atoms with Gasteiger partial charge < -0.3 is 4.74 Å². The maximum absolute atomic E-state index is 5.36. The summed E-state index contributed by atoms with van der Waals surface area (Å²) in [5.74, 6) is 1.48. The summed E-state index contributed by atoms with van der Waals surface area (Å²) in [6, 6.07) is 5.90. The molecule has 1 fully saturated rings. The van der Waals surface area contributed by atoms with E-state index in [4.69, 9.17) is 4.74 Å². The van der Waals surface area contributed by atoms with E-state index in [0.717, 1.165) is 42.1 Å². The van der Waals surface area contributed by atoms with Gasteiger partial charge in [0.1, 0.15) is 4.60 Å². The average molecular weight is 282 g/mol. The molecule has 2 aromatic heterocycles. The fraction of sp³-hybridized carbons (Fsp3) is 0.455. The molecule has 1 atom stereocenters.